The molecule has 8 nitrogen and oxygen atoms in total. The second-order valence-corrected chi connectivity index (χ2v) is 6.19. The molecule has 2 N–H and O–H groups in total. The third-order valence-electron chi connectivity index (χ3n) is 3.46. The van der Waals surface area contributed by atoms with Crippen LogP contribution in [-0.2, 0) is 4.79 Å². The van der Waals surface area contributed by atoms with Gasteiger partial charge in [0.2, 0.25) is 5.91 Å². The number of anilines is 1. The number of nitrogens with zero attached hydrogens (tertiary/aromatic N) is 2. The number of carbonyl (C=O) groups is 2. The molecule has 0 unspecified atom stereocenters. The van der Waals surface area contributed by atoms with Gasteiger partial charge in [-0.25, -0.2) is 0 Å². The minimum Gasteiger partial charge on any atom is -0.469 e. The third kappa shape index (κ3) is 4.12. The van der Waals surface area contributed by atoms with Crippen LogP contribution in [0.1, 0.15) is 16.1 Å². The van der Waals surface area contributed by atoms with E-state index in [4.69, 9.17) is 8.83 Å². The second kappa shape index (κ2) is 7.87. The quantitative estimate of drug-likeness (QED) is 0.640. The number of nitrogens with one attached hydrogen (secondary N) is 2. The molecule has 26 heavy (non-hydrogen) atoms. The van der Waals surface area contributed by atoms with E-state index >= 15 is 0 Å². The van der Waals surface area contributed by atoms with Gasteiger partial charge in [-0.2, -0.15) is 0 Å². The largest absolute Gasteiger partial charge is 0.469 e. The van der Waals surface area contributed by atoms with Crippen molar-refractivity contribution in [2.45, 2.75) is 12.1 Å². The van der Waals surface area contributed by atoms with E-state index < -0.39 is 0 Å². The van der Waals surface area contributed by atoms with Crippen molar-refractivity contribution < 1.29 is 18.4 Å². The van der Waals surface area contributed by atoms with Crippen LogP contribution in [0.5, 0.6) is 0 Å². The molecule has 0 atom stereocenters. The summed E-state index contributed by atoms with van der Waals surface area (Å²) in [6.45, 7) is 1.80. The minimum atomic E-state index is -0.247. The smallest absolute Gasteiger partial charge is 0.277 e. The molecule has 0 aliphatic rings. The molecule has 3 rings (SSSR count). The van der Waals surface area contributed by atoms with Gasteiger partial charge in [0.05, 0.1) is 17.6 Å². The molecule has 1 aromatic carbocycles. The van der Waals surface area contributed by atoms with Crippen LogP contribution >= 0.6 is 11.8 Å². The number of hydrogen-bond acceptors (Lipinski definition) is 7. The molecule has 0 aliphatic heterocycles. The number of carbonyl (C=O) groups excluding carboxylic acids is 2. The van der Waals surface area contributed by atoms with Crippen LogP contribution in [0.3, 0.4) is 0 Å². The van der Waals surface area contributed by atoms with Crippen LogP contribution in [0.2, 0.25) is 0 Å². The van der Waals surface area contributed by atoms with Crippen molar-refractivity contribution in [1.29, 1.82) is 0 Å². The van der Waals surface area contributed by atoms with E-state index in [1.807, 2.05) is 0 Å². The first-order chi connectivity index (χ1) is 12.6. The Kier molecular flexibility index (Phi) is 5.37. The summed E-state index contributed by atoms with van der Waals surface area (Å²) in [6.07, 6.45) is 1.54. The Morgan fingerprint density at radius 2 is 2.08 bits per heavy atom. The predicted octanol–water partition coefficient (Wildman–Crippen LogP) is 2.73. The second-order valence-electron chi connectivity index (χ2n) is 5.26. The lowest BCUT2D eigenvalue weighted by Crippen LogP contribution is -2.18. The van der Waals surface area contributed by atoms with Gasteiger partial charge in [0.15, 0.2) is 0 Å². The summed E-state index contributed by atoms with van der Waals surface area (Å²) in [4.78, 5) is 23.7. The highest BCUT2D eigenvalue weighted by Crippen LogP contribution is 2.26. The summed E-state index contributed by atoms with van der Waals surface area (Å²) < 4.78 is 10.7. The Hall–Kier alpha value is -3.07. The van der Waals surface area contributed by atoms with Gasteiger partial charge in [-0.05, 0) is 31.2 Å². The molecule has 0 fully saturated rings. The predicted molar refractivity (Wildman–Crippen MR) is 95.9 cm³/mol. The normalized spacial score (nSPS) is 10.5. The minimum absolute atomic E-state index is 0.0935. The van der Waals surface area contributed by atoms with Crippen LogP contribution in [0, 0.1) is 6.92 Å². The van der Waals surface area contributed by atoms with E-state index in [-0.39, 0.29) is 22.8 Å². The number of amides is 2. The highest BCUT2D eigenvalue weighted by molar-refractivity contribution is 7.99. The molecular formula is C17H16N4O4S. The van der Waals surface area contributed by atoms with Crippen molar-refractivity contribution in [2.75, 3.05) is 18.1 Å². The molecule has 3 aromatic rings. The SMILES string of the molecule is CNC(=O)c1cccc(NC(=O)CSc2nnc(-c3ccoc3C)o2)c1. The summed E-state index contributed by atoms with van der Waals surface area (Å²) >= 11 is 1.12. The van der Waals surface area contributed by atoms with Gasteiger partial charge >= 0.3 is 0 Å². The summed E-state index contributed by atoms with van der Waals surface area (Å²) in [6, 6.07) is 8.42. The summed E-state index contributed by atoms with van der Waals surface area (Å²) in [5.74, 6) is 0.652. The molecule has 0 saturated carbocycles. The zero-order valence-electron chi connectivity index (χ0n) is 14.1. The van der Waals surface area contributed by atoms with E-state index in [9.17, 15) is 9.59 Å². The standard InChI is InChI=1S/C17H16N4O4S/c1-10-13(6-7-24-10)16-20-21-17(25-16)26-9-14(22)19-12-5-3-4-11(8-12)15(23)18-2/h3-8H,9H2,1-2H3,(H,18,23)(H,19,22). The number of aryl methyl sites for hydroxylation is 1. The van der Waals surface area contributed by atoms with Gasteiger partial charge in [0.1, 0.15) is 5.76 Å². The average Bonchev–Trinajstić information content (AvgIpc) is 3.28. The Balaban J connectivity index is 1.57. The molecular weight excluding hydrogens is 356 g/mol. The lowest BCUT2D eigenvalue weighted by Gasteiger charge is -2.06. The number of hydrogen-bond donors (Lipinski definition) is 2. The molecule has 2 heterocycles. The van der Waals surface area contributed by atoms with Crippen molar-refractivity contribution in [3.05, 3.63) is 47.9 Å². The Morgan fingerprint density at radius 1 is 1.23 bits per heavy atom. The van der Waals surface area contributed by atoms with Crippen molar-refractivity contribution >= 4 is 29.3 Å². The Bertz CT molecular complexity index is 934. The lowest BCUT2D eigenvalue weighted by atomic mass is 10.2. The van der Waals surface area contributed by atoms with Gasteiger partial charge in [0, 0.05) is 18.3 Å². The van der Waals surface area contributed by atoms with Crippen molar-refractivity contribution in [3.8, 4) is 11.5 Å². The molecule has 9 heteroatoms. The van der Waals surface area contributed by atoms with Crippen molar-refractivity contribution in [2.24, 2.45) is 0 Å². The van der Waals surface area contributed by atoms with E-state index in [1.165, 1.54) is 0 Å². The fraction of sp³-hybridized carbons (Fsp3) is 0.176. The highest BCUT2D eigenvalue weighted by Gasteiger charge is 2.14. The first kappa shape index (κ1) is 17.7. The van der Waals surface area contributed by atoms with Crippen molar-refractivity contribution in [1.82, 2.24) is 15.5 Å². The monoisotopic (exact) mass is 372 g/mol. The number of benzene rings is 1. The van der Waals surface area contributed by atoms with Crippen LogP contribution in [0.4, 0.5) is 5.69 Å². The van der Waals surface area contributed by atoms with Gasteiger partial charge in [0.25, 0.3) is 17.0 Å². The van der Waals surface area contributed by atoms with E-state index in [1.54, 1.807) is 50.6 Å². The molecule has 2 amide bonds. The first-order valence-electron chi connectivity index (χ1n) is 7.69. The molecule has 0 radical (unpaired) electrons. The topological polar surface area (TPSA) is 110 Å². The molecule has 0 saturated heterocycles. The van der Waals surface area contributed by atoms with E-state index in [0.717, 1.165) is 17.3 Å². The Morgan fingerprint density at radius 3 is 2.81 bits per heavy atom. The summed E-state index contributed by atoms with van der Waals surface area (Å²) in [7, 11) is 1.55. The maximum Gasteiger partial charge on any atom is 0.277 e. The fourth-order valence-corrected chi connectivity index (χ4v) is 2.75. The maximum absolute atomic E-state index is 12.1. The number of thioether (sulfide) groups is 1. The summed E-state index contributed by atoms with van der Waals surface area (Å²) in [5.41, 5.74) is 1.73. The zero-order chi connectivity index (χ0) is 18.5. The molecule has 0 aliphatic carbocycles. The zero-order valence-corrected chi connectivity index (χ0v) is 14.9. The van der Waals surface area contributed by atoms with Gasteiger partial charge < -0.3 is 19.5 Å². The van der Waals surface area contributed by atoms with E-state index in [0.29, 0.717) is 22.9 Å². The molecule has 134 valence electrons. The van der Waals surface area contributed by atoms with E-state index in [2.05, 4.69) is 20.8 Å². The molecule has 0 bridgehead atoms. The van der Waals surface area contributed by atoms with Gasteiger partial charge in [-0.3, -0.25) is 9.59 Å². The Labute approximate surface area is 153 Å². The average molecular weight is 372 g/mol. The summed E-state index contributed by atoms with van der Waals surface area (Å²) in [5, 5.41) is 13.4. The van der Waals surface area contributed by atoms with Gasteiger partial charge in [-0.1, -0.05) is 17.8 Å². The first-order valence-corrected chi connectivity index (χ1v) is 8.68. The molecule has 2 aromatic heterocycles. The fourth-order valence-electron chi connectivity index (χ4n) is 2.19. The number of furan rings is 1. The van der Waals surface area contributed by atoms with Crippen LogP contribution in [0.15, 0.2) is 50.7 Å². The van der Waals surface area contributed by atoms with Crippen molar-refractivity contribution in [3.63, 3.8) is 0 Å². The van der Waals surface area contributed by atoms with Crippen LogP contribution < -0.4 is 10.6 Å². The maximum atomic E-state index is 12.1. The lowest BCUT2D eigenvalue weighted by molar-refractivity contribution is -0.113. The van der Waals surface area contributed by atoms with Crippen LogP contribution in [0.25, 0.3) is 11.5 Å². The van der Waals surface area contributed by atoms with Crippen LogP contribution in [-0.4, -0.2) is 34.8 Å². The third-order valence-corrected chi connectivity index (χ3v) is 4.28. The highest BCUT2D eigenvalue weighted by atomic mass is 32.2. The number of rotatable bonds is 6. The number of aromatic nitrogens is 2. The molecule has 0 spiro atoms. The van der Waals surface area contributed by atoms with Gasteiger partial charge in [-0.15, -0.1) is 10.2 Å².